The van der Waals surface area contributed by atoms with Crippen molar-refractivity contribution in [2.24, 2.45) is 4.99 Å². The van der Waals surface area contributed by atoms with Crippen molar-refractivity contribution in [2.75, 3.05) is 14.2 Å². The first-order chi connectivity index (χ1) is 12.0. The second-order valence-corrected chi connectivity index (χ2v) is 6.57. The van der Waals surface area contributed by atoms with Gasteiger partial charge in [0.2, 0.25) is 5.90 Å². The van der Waals surface area contributed by atoms with E-state index in [1.165, 1.54) is 0 Å². The van der Waals surface area contributed by atoms with Gasteiger partial charge in [-0.05, 0) is 71.5 Å². The molecule has 0 amide bonds. The largest absolute Gasteiger partial charge is 0.497 e. The number of ether oxygens (including phenoxy) is 3. The number of esters is 1. The molecule has 2 aromatic carbocycles. The van der Waals surface area contributed by atoms with Gasteiger partial charge < -0.3 is 14.2 Å². The van der Waals surface area contributed by atoms with Crippen LogP contribution in [0.2, 0.25) is 0 Å². The van der Waals surface area contributed by atoms with Crippen molar-refractivity contribution in [3.8, 4) is 11.5 Å². The molecule has 0 aromatic heterocycles. The van der Waals surface area contributed by atoms with E-state index in [-0.39, 0.29) is 5.70 Å². The zero-order valence-electron chi connectivity index (χ0n) is 14.0. The molecule has 5 nitrogen and oxygen atoms in total. The molecule has 6 heteroatoms. The van der Waals surface area contributed by atoms with Gasteiger partial charge in [-0.1, -0.05) is 0 Å². The minimum Gasteiger partial charge on any atom is -0.497 e. The summed E-state index contributed by atoms with van der Waals surface area (Å²) in [5.41, 5.74) is 2.83. The monoisotopic (exact) mass is 449 g/mol. The standard InChI is InChI=1S/C19H16INO4/c1-11-8-13(5-7-15(11)20)18-21-16(19(22)25-18)9-12-4-6-14(23-2)10-17(12)24-3/h4-10H,1-3H3/b16-9-. The molecule has 0 radical (unpaired) electrons. The summed E-state index contributed by atoms with van der Waals surface area (Å²) >= 11 is 2.26. The van der Waals surface area contributed by atoms with Crippen molar-refractivity contribution >= 4 is 40.5 Å². The number of aryl methyl sites for hydroxylation is 1. The summed E-state index contributed by atoms with van der Waals surface area (Å²) in [6.07, 6.45) is 1.65. The molecule has 2 aromatic rings. The van der Waals surface area contributed by atoms with Gasteiger partial charge in [0.05, 0.1) is 14.2 Å². The van der Waals surface area contributed by atoms with Crippen LogP contribution in [0.25, 0.3) is 6.08 Å². The third-order valence-electron chi connectivity index (χ3n) is 3.76. The van der Waals surface area contributed by atoms with Crippen LogP contribution in [0, 0.1) is 10.5 Å². The van der Waals surface area contributed by atoms with Crippen LogP contribution in [0.5, 0.6) is 11.5 Å². The van der Waals surface area contributed by atoms with Crippen molar-refractivity contribution in [1.29, 1.82) is 0 Å². The van der Waals surface area contributed by atoms with Gasteiger partial charge in [-0.15, -0.1) is 0 Å². The van der Waals surface area contributed by atoms with Crippen molar-refractivity contribution in [2.45, 2.75) is 6.92 Å². The number of hydrogen-bond donors (Lipinski definition) is 0. The molecule has 1 aliphatic heterocycles. The normalized spacial score (nSPS) is 15.1. The Bertz CT molecular complexity index is 902. The first-order valence-corrected chi connectivity index (χ1v) is 8.61. The Morgan fingerprint density at radius 3 is 2.60 bits per heavy atom. The number of hydrogen-bond acceptors (Lipinski definition) is 5. The van der Waals surface area contributed by atoms with Gasteiger partial charge >= 0.3 is 5.97 Å². The molecule has 0 bridgehead atoms. The van der Waals surface area contributed by atoms with Crippen molar-refractivity contribution in [1.82, 2.24) is 0 Å². The van der Waals surface area contributed by atoms with Crippen LogP contribution in [0.15, 0.2) is 47.1 Å². The fourth-order valence-corrected chi connectivity index (χ4v) is 2.73. The predicted octanol–water partition coefficient (Wildman–Crippen LogP) is 3.96. The maximum Gasteiger partial charge on any atom is 0.363 e. The minimum atomic E-state index is -0.482. The Balaban J connectivity index is 1.97. The van der Waals surface area contributed by atoms with Crippen LogP contribution in [0.4, 0.5) is 0 Å². The van der Waals surface area contributed by atoms with Crippen LogP contribution in [-0.4, -0.2) is 26.1 Å². The lowest BCUT2D eigenvalue weighted by molar-refractivity contribution is -0.129. The third kappa shape index (κ3) is 3.68. The van der Waals surface area contributed by atoms with Crippen LogP contribution in [-0.2, 0) is 9.53 Å². The number of carbonyl (C=O) groups is 1. The van der Waals surface area contributed by atoms with Gasteiger partial charge in [0, 0.05) is 20.8 Å². The lowest BCUT2D eigenvalue weighted by atomic mass is 10.1. The second kappa shape index (κ2) is 7.26. The van der Waals surface area contributed by atoms with E-state index in [1.54, 1.807) is 38.5 Å². The average molecular weight is 449 g/mol. The fourth-order valence-electron chi connectivity index (χ4n) is 2.40. The van der Waals surface area contributed by atoms with Gasteiger partial charge in [-0.25, -0.2) is 9.79 Å². The predicted molar refractivity (Wildman–Crippen MR) is 104 cm³/mol. The number of benzene rings is 2. The molecule has 128 valence electrons. The molecule has 0 aliphatic carbocycles. The van der Waals surface area contributed by atoms with Crippen molar-refractivity contribution in [3.05, 3.63) is 62.4 Å². The number of rotatable bonds is 4. The summed E-state index contributed by atoms with van der Waals surface area (Å²) in [6, 6.07) is 11.2. The fraction of sp³-hybridized carbons (Fsp3) is 0.158. The molecule has 1 heterocycles. The van der Waals surface area contributed by atoms with E-state index in [0.29, 0.717) is 17.4 Å². The Kier molecular flexibility index (Phi) is 5.08. The van der Waals surface area contributed by atoms with E-state index in [2.05, 4.69) is 27.6 Å². The molecule has 0 N–H and O–H groups in total. The van der Waals surface area contributed by atoms with E-state index in [4.69, 9.17) is 14.2 Å². The second-order valence-electron chi connectivity index (χ2n) is 5.41. The number of carbonyl (C=O) groups excluding carboxylic acids is 1. The SMILES string of the molecule is COc1ccc(/C=C2\N=C(c3ccc(I)c(C)c3)OC2=O)c(OC)c1. The van der Waals surface area contributed by atoms with Gasteiger partial charge in [0.25, 0.3) is 0 Å². The molecular formula is C19H16INO4. The van der Waals surface area contributed by atoms with Crippen LogP contribution < -0.4 is 9.47 Å². The van der Waals surface area contributed by atoms with E-state index in [0.717, 1.165) is 20.3 Å². The quantitative estimate of drug-likeness (QED) is 0.403. The molecular weight excluding hydrogens is 433 g/mol. The van der Waals surface area contributed by atoms with E-state index >= 15 is 0 Å². The zero-order valence-corrected chi connectivity index (χ0v) is 16.2. The highest BCUT2D eigenvalue weighted by Crippen LogP contribution is 2.28. The van der Waals surface area contributed by atoms with Gasteiger partial charge in [0.15, 0.2) is 5.70 Å². The van der Waals surface area contributed by atoms with Crippen LogP contribution >= 0.6 is 22.6 Å². The maximum atomic E-state index is 12.2. The van der Waals surface area contributed by atoms with E-state index < -0.39 is 5.97 Å². The maximum absolute atomic E-state index is 12.2. The minimum absolute atomic E-state index is 0.231. The van der Waals surface area contributed by atoms with Crippen molar-refractivity contribution in [3.63, 3.8) is 0 Å². The molecule has 0 saturated carbocycles. The summed E-state index contributed by atoms with van der Waals surface area (Å²) in [7, 11) is 3.15. The molecule has 0 spiro atoms. The highest BCUT2D eigenvalue weighted by atomic mass is 127. The van der Waals surface area contributed by atoms with Gasteiger partial charge in [-0.2, -0.15) is 0 Å². The van der Waals surface area contributed by atoms with Crippen LogP contribution in [0.3, 0.4) is 0 Å². The van der Waals surface area contributed by atoms with Crippen molar-refractivity contribution < 1.29 is 19.0 Å². The molecule has 3 rings (SSSR count). The first-order valence-electron chi connectivity index (χ1n) is 7.53. The summed E-state index contributed by atoms with van der Waals surface area (Å²) in [5, 5.41) is 0. The van der Waals surface area contributed by atoms with Crippen LogP contribution in [0.1, 0.15) is 16.7 Å². The molecule has 0 unspecified atom stereocenters. The zero-order chi connectivity index (χ0) is 18.0. The molecule has 0 saturated heterocycles. The number of cyclic esters (lactones) is 1. The Morgan fingerprint density at radius 2 is 1.92 bits per heavy atom. The number of halogens is 1. The molecule has 25 heavy (non-hydrogen) atoms. The smallest absolute Gasteiger partial charge is 0.363 e. The molecule has 0 fully saturated rings. The summed E-state index contributed by atoms with van der Waals surface area (Å²) < 4.78 is 17.0. The lowest BCUT2D eigenvalue weighted by Gasteiger charge is -2.07. The van der Waals surface area contributed by atoms with E-state index in [1.807, 2.05) is 25.1 Å². The first kappa shape index (κ1) is 17.5. The highest BCUT2D eigenvalue weighted by molar-refractivity contribution is 14.1. The summed E-state index contributed by atoms with van der Waals surface area (Å²) in [4.78, 5) is 16.5. The Labute approximate surface area is 159 Å². The molecule has 1 aliphatic rings. The number of methoxy groups -OCH3 is 2. The number of aliphatic imine (C=N–C) groups is 1. The summed E-state index contributed by atoms with van der Waals surface area (Å²) in [5.74, 6) is 1.09. The van der Waals surface area contributed by atoms with E-state index in [9.17, 15) is 4.79 Å². The van der Waals surface area contributed by atoms with Gasteiger partial charge in [-0.3, -0.25) is 0 Å². The number of nitrogens with zero attached hydrogens (tertiary/aromatic N) is 1. The Morgan fingerprint density at radius 1 is 1.12 bits per heavy atom. The lowest BCUT2D eigenvalue weighted by Crippen LogP contribution is -2.05. The third-order valence-corrected chi connectivity index (χ3v) is 4.97. The molecule has 0 atom stereocenters. The topological polar surface area (TPSA) is 57.1 Å². The van der Waals surface area contributed by atoms with Gasteiger partial charge in [0.1, 0.15) is 11.5 Å². The average Bonchev–Trinajstić information content (AvgIpc) is 2.98. The highest BCUT2D eigenvalue weighted by Gasteiger charge is 2.24. The Hall–Kier alpha value is -2.35. The summed E-state index contributed by atoms with van der Waals surface area (Å²) in [6.45, 7) is 2.00.